The van der Waals surface area contributed by atoms with Crippen LogP contribution in [0.15, 0.2) is 146 Å². The van der Waals surface area contributed by atoms with Gasteiger partial charge in [-0.3, -0.25) is 41.7 Å². The second-order valence-corrected chi connectivity index (χ2v) is 42.2. The summed E-state index contributed by atoms with van der Waals surface area (Å²) in [5, 5.41) is 52.6. The lowest BCUT2D eigenvalue weighted by atomic mass is 9.89. The van der Waals surface area contributed by atoms with Crippen molar-refractivity contribution in [1.82, 2.24) is 78.2 Å². The van der Waals surface area contributed by atoms with Gasteiger partial charge in [-0.25, -0.2) is 52.1 Å². The summed E-state index contributed by atoms with van der Waals surface area (Å²) in [5.74, 6) is 0.391. The molecule has 12 heterocycles. The Kier molecular flexibility index (Phi) is 33.1. The number of piperidine rings is 4. The van der Waals surface area contributed by atoms with E-state index in [0.717, 1.165) is 179 Å². The first-order chi connectivity index (χ1) is 70.2. The lowest BCUT2D eigenvalue weighted by molar-refractivity contribution is 0.0194. The molecule has 4 saturated heterocycles. The van der Waals surface area contributed by atoms with E-state index in [1.165, 1.54) is 48.9 Å². The first kappa shape index (κ1) is 104. The number of carbonyl (C=O) groups is 2. The van der Waals surface area contributed by atoms with Crippen molar-refractivity contribution in [3.8, 4) is 24.3 Å². The Morgan fingerprint density at radius 3 is 0.952 bits per heavy atom. The van der Waals surface area contributed by atoms with Crippen molar-refractivity contribution in [2.75, 3.05) is 87.3 Å². The highest BCUT2D eigenvalue weighted by Crippen LogP contribution is 2.41. The molecule has 2 amide bonds. The Hall–Kier alpha value is -14.5. The molecule has 12 aromatic rings. The summed E-state index contributed by atoms with van der Waals surface area (Å²) in [7, 11) is 0.783. The molecule has 0 spiro atoms. The number of anilines is 7. The fraction of sp³-hybridized carbons (Fsp3) is 0.463. The largest absolute Gasteiger partial charge is 0.444 e. The molecule has 8 aromatic heterocycles. The van der Waals surface area contributed by atoms with E-state index in [1.807, 2.05) is 90.1 Å². The average Bonchev–Trinajstić information content (AvgIpc) is 1.17. The Labute approximate surface area is 845 Å². The van der Waals surface area contributed by atoms with Gasteiger partial charge >= 0.3 is 12.2 Å². The highest BCUT2D eigenvalue weighted by Gasteiger charge is 2.35. The molecule has 4 aliphatic carbocycles. The van der Waals surface area contributed by atoms with Gasteiger partial charge < -0.3 is 51.2 Å². The van der Waals surface area contributed by atoms with Crippen LogP contribution in [0.5, 0.6) is 0 Å². The summed E-state index contributed by atoms with van der Waals surface area (Å²) in [6.07, 6.45) is 29.2. The number of carbonyl (C=O) groups excluding carboxylic acids is 2. The van der Waals surface area contributed by atoms with Crippen LogP contribution < -0.4 is 49.2 Å². The first-order valence-corrected chi connectivity index (χ1v) is 52.0. The van der Waals surface area contributed by atoms with E-state index < -0.39 is 22.0 Å². The number of nitrogens with zero attached hydrogens (tertiary/aromatic N) is 19. The maximum Gasteiger partial charge on any atom is 0.410 e. The third-order valence-electron chi connectivity index (χ3n) is 28.5. The zero-order valence-electron chi connectivity index (χ0n) is 83.5. The summed E-state index contributed by atoms with van der Waals surface area (Å²) in [4.78, 5) is 116. The molecule has 8 aliphatic rings. The van der Waals surface area contributed by atoms with Crippen LogP contribution in [0.25, 0.3) is 44.1 Å². The number of nitrogens with one attached hydrogen (secondary N) is 4. The number of halogens is 4. The van der Waals surface area contributed by atoms with Crippen LogP contribution in [0.2, 0.25) is 0 Å². The normalized spacial score (nSPS) is 17.3. The van der Waals surface area contributed by atoms with Gasteiger partial charge in [-0.1, -0.05) is 75.6 Å². The third kappa shape index (κ3) is 24.8. The molecule has 0 bridgehead atoms. The van der Waals surface area contributed by atoms with Gasteiger partial charge in [0.1, 0.15) is 104 Å². The number of nitriles is 4. The zero-order chi connectivity index (χ0) is 103. The van der Waals surface area contributed by atoms with Crippen LogP contribution in [0.4, 0.5) is 67.7 Å². The highest BCUT2D eigenvalue weighted by atomic mass is 32.2. The molecule has 4 aromatic carbocycles. The van der Waals surface area contributed by atoms with Crippen LogP contribution >= 0.6 is 0 Å². The molecular weight excluding hydrogens is 1890 g/mol. The SMILES string of the molecule is CC(C)(C)OC(=O)N1CCC(c2ccc(N)cc2F)CC1.CC(C)(C)OC(=O)N1CCC(c2ccc(Nc3ncc4cc(C#N)c(=O)n(C5CCCC5)c4n3)cc2F)CC1.CN1CCC(c2ccc(Nc3ncc4cc(C#N)c(=O)n(C5CCCC5)c4n3)cc2F)CC1.CS(=O)c1ncc2cc(C#N)c(=O)n(C3CCCC3)c2n1.N#Cc1cc2cnc(Nc3ccc(C4CCNCC4)c(F)c3)nc2n(C2CCCC2)c1=O. The van der Waals surface area contributed by atoms with Gasteiger partial charge in [-0.15, -0.1) is 0 Å². The van der Waals surface area contributed by atoms with Crippen LogP contribution in [0.3, 0.4) is 0 Å². The van der Waals surface area contributed by atoms with Crippen LogP contribution in [0.1, 0.15) is 288 Å². The minimum atomic E-state index is -1.31. The quantitative estimate of drug-likeness (QED) is 0.0361. The van der Waals surface area contributed by atoms with E-state index in [1.54, 1.807) is 83.1 Å². The number of rotatable bonds is 15. The molecule has 762 valence electrons. The molecule has 20 rings (SSSR count). The number of likely N-dealkylation sites (tertiary alicyclic amines) is 3. The molecular formula is C108H122F4N24O9S. The van der Waals surface area contributed by atoms with Crippen LogP contribution in [-0.2, 0) is 20.3 Å². The van der Waals surface area contributed by atoms with Crippen LogP contribution in [0, 0.1) is 68.6 Å². The molecule has 4 aliphatic heterocycles. The Balaban J connectivity index is 0.000000133. The topological polar surface area (TPSA) is 440 Å². The van der Waals surface area contributed by atoms with E-state index in [2.05, 4.69) is 73.1 Å². The van der Waals surface area contributed by atoms with Crippen molar-refractivity contribution in [2.45, 2.75) is 260 Å². The van der Waals surface area contributed by atoms with Crippen molar-refractivity contribution >= 4 is 108 Å². The maximum absolute atomic E-state index is 15.2. The zero-order valence-corrected chi connectivity index (χ0v) is 84.3. The Bertz CT molecular complexity index is 7330. The van der Waals surface area contributed by atoms with Crippen molar-refractivity contribution in [2.24, 2.45) is 0 Å². The van der Waals surface area contributed by atoms with E-state index >= 15 is 4.39 Å². The number of ether oxygens (including phenoxy) is 2. The molecule has 0 radical (unpaired) electrons. The number of hydrogen-bond donors (Lipinski definition) is 5. The standard InChI is InChI=1S/C29H33FN6O3.C25H27FN6O.C24H25FN6O.C16H23FN2O2.C14H14N4O2S/c1-29(2,3)39-28(38)35-12-10-18(11-13-35)23-9-8-21(15-24(23)30)33-27-32-17-20-14-19(16-31)26(37)36(25(20)34-27)22-6-4-5-7-22;1-31-10-8-16(9-11-31)21-7-6-19(13-22(21)26)29-25-28-15-18-12-17(14-27)24(33)32(23(18)30-25)20-4-2-3-5-20;25-21-12-18(5-6-20(21)15-7-9-27-10-8-15)29-24-28-14-17-11-16(13-26)23(32)31(22(17)30-24)19-3-1-2-4-19;1-16(2,3)21-15(20)19-8-6-11(7-9-19)13-5-4-12(18)10-14(13)17;1-21(20)14-16-8-10-6-9(7-15)13(19)18(12(10)17-14)11-4-2-3-5-11/h8-9,14-15,17-18,22H,4-7,10-13H2,1-3H3,(H,32,33,34);6-7,12-13,15-16,20H,2-5,8-11H2,1H3,(H,28,29,30);5-6,11-12,14-15,19,27H,1-4,7-10H2,(H,28,29,30);4-5,10-11H,6-9,18H2,1-3H3;6,8,11H,2-5H2,1H3. The van der Waals surface area contributed by atoms with Gasteiger partial charge in [0.05, 0.1) is 10.8 Å². The first-order valence-electron chi connectivity index (χ1n) is 50.4. The number of nitrogen functional groups attached to an aromatic ring is 1. The number of amides is 2. The van der Waals surface area contributed by atoms with Crippen molar-refractivity contribution in [1.29, 1.82) is 21.0 Å². The van der Waals surface area contributed by atoms with Crippen molar-refractivity contribution in [3.05, 3.63) is 231 Å². The van der Waals surface area contributed by atoms with E-state index in [0.29, 0.717) is 129 Å². The summed E-state index contributed by atoms with van der Waals surface area (Å²) in [6.45, 7) is 17.0. The van der Waals surface area contributed by atoms with Gasteiger partial charge in [-0.05, 0) is 296 Å². The molecule has 1 unspecified atom stereocenters. The van der Waals surface area contributed by atoms with E-state index in [4.69, 9.17) is 20.5 Å². The molecule has 146 heavy (non-hydrogen) atoms. The summed E-state index contributed by atoms with van der Waals surface area (Å²) in [5.41, 5.74) is 10.4. The third-order valence-corrected chi connectivity index (χ3v) is 29.2. The number of aromatic nitrogens is 12. The summed E-state index contributed by atoms with van der Waals surface area (Å²) in [6, 6.07) is 34.3. The number of hydrogen-bond acceptors (Lipinski definition) is 27. The van der Waals surface area contributed by atoms with Gasteiger partial charge in [0.2, 0.25) is 23.0 Å². The Morgan fingerprint density at radius 1 is 0.397 bits per heavy atom. The van der Waals surface area contributed by atoms with Gasteiger partial charge in [0, 0.05) is 126 Å². The highest BCUT2D eigenvalue weighted by molar-refractivity contribution is 7.84. The average molecular weight is 2010 g/mol. The molecule has 4 saturated carbocycles. The molecule has 8 fully saturated rings. The predicted octanol–water partition coefficient (Wildman–Crippen LogP) is 19.4. The van der Waals surface area contributed by atoms with E-state index in [9.17, 15) is 61.9 Å². The second-order valence-electron chi connectivity index (χ2n) is 40.9. The Morgan fingerprint density at radius 2 is 0.671 bits per heavy atom. The van der Waals surface area contributed by atoms with E-state index in [-0.39, 0.29) is 139 Å². The fourth-order valence-corrected chi connectivity index (χ4v) is 21.4. The molecule has 6 N–H and O–H groups in total. The fourth-order valence-electron chi connectivity index (χ4n) is 21.0. The minimum Gasteiger partial charge on any atom is -0.444 e. The monoisotopic (exact) mass is 2010 g/mol. The lowest BCUT2D eigenvalue weighted by Gasteiger charge is -2.33. The number of benzene rings is 4. The summed E-state index contributed by atoms with van der Waals surface area (Å²) >= 11 is 0. The van der Waals surface area contributed by atoms with Crippen molar-refractivity contribution in [3.63, 3.8) is 0 Å². The number of pyridine rings is 4. The van der Waals surface area contributed by atoms with Gasteiger partial charge in [0.15, 0.2) is 0 Å². The van der Waals surface area contributed by atoms with Crippen molar-refractivity contribution < 1.29 is 40.8 Å². The maximum atomic E-state index is 15.2. The predicted molar refractivity (Wildman–Crippen MR) is 550 cm³/mol. The number of nitrogens with two attached hydrogens (primary N) is 1. The minimum absolute atomic E-state index is 0.00447. The second kappa shape index (κ2) is 46.3. The molecule has 33 nitrogen and oxygen atoms in total. The molecule has 38 heteroatoms. The molecule has 1 atom stereocenters. The lowest BCUT2D eigenvalue weighted by Crippen LogP contribution is -2.41. The summed E-state index contributed by atoms with van der Waals surface area (Å²) < 4.78 is 87.8. The van der Waals surface area contributed by atoms with Gasteiger partial charge in [0.25, 0.3) is 22.2 Å². The smallest absolute Gasteiger partial charge is 0.410 e. The van der Waals surface area contributed by atoms with Gasteiger partial charge in [-0.2, -0.15) is 36.0 Å². The number of fused-ring (bicyclic) bond motifs is 4. The van der Waals surface area contributed by atoms with Crippen LogP contribution in [-0.4, -0.2) is 166 Å².